The zero-order valence-electron chi connectivity index (χ0n) is 10.8. The topological polar surface area (TPSA) is 42.1 Å². The number of carbonyl (C=O) groups excluding carboxylic acids is 1. The van der Waals surface area contributed by atoms with Crippen molar-refractivity contribution in [2.24, 2.45) is 0 Å². The fourth-order valence-corrected chi connectivity index (χ4v) is 2.85. The molecule has 0 radical (unpaired) electrons. The van der Waals surface area contributed by atoms with E-state index in [0.29, 0.717) is 17.6 Å². The number of thioether (sulfide) groups is 1. The normalized spacial score (nSPS) is 11.1. The molecule has 2 rings (SSSR count). The van der Waals surface area contributed by atoms with Crippen molar-refractivity contribution in [2.75, 3.05) is 6.61 Å². The predicted molar refractivity (Wildman–Crippen MR) is 75.2 cm³/mol. The highest BCUT2D eigenvalue weighted by atomic mass is 32.2. The van der Waals surface area contributed by atoms with Gasteiger partial charge in [-0.3, -0.25) is 0 Å². The molecular formula is C14H17NO2S. The molecule has 96 valence electrons. The lowest BCUT2D eigenvalue weighted by molar-refractivity contribution is 0.0516. The van der Waals surface area contributed by atoms with E-state index in [4.69, 9.17) is 4.74 Å². The zero-order valence-corrected chi connectivity index (χ0v) is 11.6. The monoisotopic (exact) mass is 263 g/mol. The van der Waals surface area contributed by atoms with Crippen LogP contribution in [-0.2, 0) is 4.74 Å². The lowest BCUT2D eigenvalue weighted by Crippen LogP contribution is -2.06. The fourth-order valence-electron chi connectivity index (χ4n) is 1.82. The van der Waals surface area contributed by atoms with Crippen LogP contribution in [0, 0.1) is 0 Å². The minimum atomic E-state index is -0.281. The largest absolute Gasteiger partial charge is 0.461 e. The molecule has 0 atom stereocenters. The number of hydrogen-bond donors (Lipinski definition) is 1. The third-order valence-corrected chi connectivity index (χ3v) is 3.62. The Morgan fingerprint density at radius 2 is 2.11 bits per heavy atom. The smallest absolute Gasteiger partial charge is 0.355 e. The minimum Gasteiger partial charge on any atom is -0.461 e. The molecule has 0 unspecified atom stereocenters. The number of hydrogen-bond acceptors (Lipinski definition) is 3. The van der Waals surface area contributed by atoms with Gasteiger partial charge in [0.1, 0.15) is 5.69 Å². The van der Waals surface area contributed by atoms with Crippen molar-refractivity contribution in [1.29, 1.82) is 0 Å². The number of ether oxygens (including phenoxy) is 1. The first-order valence-corrected chi connectivity index (χ1v) is 6.96. The Bertz CT molecular complexity index is 560. The van der Waals surface area contributed by atoms with Crippen molar-refractivity contribution >= 4 is 28.6 Å². The van der Waals surface area contributed by atoms with Gasteiger partial charge in [0.25, 0.3) is 0 Å². The van der Waals surface area contributed by atoms with Gasteiger partial charge < -0.3 is 9.72 Å². The van der Waals surface area contributed by atoms with Gasteiger partial charge >= 0.3 is 5.97 Å². The number of fused-ring (bicyclic) bond motifs is 1. The summed E-state index contributed by atoms with van der Waals surface area (Å²) in [6.45, 7) is 6.43. The molecule has 3 nitrogen and oxygen atoms in total. The van der Waals surface area contributed by atoms with Crippen molar-refractivity contribution < 1.29 is 9.53 Å². The van der Waals surface area contributed by atoms with Crippen molar-refractivity contribution in [3.05, 3.63) is 30.0 Å². The van der Waals surface area contributed by atoms with Gasteiger partial charge in [-0.25, -0.2) is 4.79 Å². The van der Waals surface area contributed by atoms with Crippen molar-refractivity contribution in [2.45, 2.75) is 30.9 Å². The lowest BCUT2D eigenvalue weighted by Gasteiger charge is -2.06. The van der Waals surface area contributed by atoms with Gasteiger partial charge in [0.2, 0.25) is 0 Å². The highest BCUT2D eigenvalue weighted by Crippen LogP contribution is 2.34. The molecule has 0 aliphatic rings. The second-order valence-electron chi connectivity index (χ2n) is 4.26. The number of para-hydroxylation sites is 1. The van der Waals surface area contributed by atoms with E-state index in [9.17, 15) is 4.79 Å². The van der Waals surface area contributed by atoms with E-state index in [-0.39, 0.29) is 5.97 Å². The van der Waals surface area contributed by atoms with Crippen LogP contribution >= 0.6 is 11.8 Å². The standard InChI is InChI=1S/C14H17NO2S/c1-4-17-14(16)12-13(18-9(2)3)10-7-5-6-8-11(10)15-12/h5-9,15H,4H2,1-3H3. The number of H-pyrrole nitrogens is 1. The Kier molecular flexibility index (Phi) is 3.97. The maximum absolute atomic E-state index is 11.9. The summed E-state index contributed by atoms with van der Waals surface area (Å²) < 4.78 is 5.10. The van der Waals surface area contributed by atoms with E-state index in [0.717, 1.165) is 15.8 Å². The Hall–Kier alpha value is -1.42. The number of benzene rings is 1. The van der Waals surface area contributed by atoms with Gasteiger partial charge in [0.15, 0.2) is 0 Å². The van der Waals surface area contributed by atoms with Gasteiger partial charge in [0.05, 0.1) is 6.61 Å². The molecule has 0 saturated carbocycles. The number of nitrogens with one attached hydrogen (secondary N) is 1. The average Bonchev–Trinajstić information content (AvgIpc) is 2.68. The van der Waals surface area contributed by atoms with Gasteiger partial charge in [0, 0.05) is 21.0 Å². The highest BCUT2D eigenvalue weighted by molar-refractivity contribution is 8.00. The first kappa shape index (κ1) is 13.0. The third kappa shape index (κ3) is 2.53. The molecule has 1 N–H and O–H groups in total. The van der Waals surface area contributed by atoms with Crippen LogP contribution in [0.3, 0.4) is 0 Å². The predicted octanol–water partition coefficient (Wildman–Crippen LogP) is 3.85. The Labute approximate surface area is 111 Å². The molecule has 0 fully saturated rings. The summed E-state index contributed by atoms with van der Waals surface area (Å²) in [5.41, 5.74) is 1.54. The molecule has 4 heteroatoms. The minimum absolute atomic E-state index is 0.281. The van der Waals surface area contributed by atoms with Gasteiger partial charge in [-0.2, -0.15) is 0 Å². The maximum atomic E-state index is 11.9. The molecule has 0 aliphatic heterocycles. The Morgan fingerprint density at radius 3 is 2.78 bits per heavy atom. The summed E-state index contributed by atoms with van der Waals surface area (Å²) in [5.74, 6) is -0.281. The fraction of sp³-hybridized carbons (Fsp3) is 0.357. The van der Waals surface area contributed by atoms with Crippen molar-refractivity contribution in [1.82, 2.24) is 4.98 Å². The van der Waals surface area contributed by atoms with Crippen molar-refractivity contribution in [3.8, 4) is 0 Å². The summed E-state index contributed by atoms with van der Waals surface area (Å²) in [5, 5.41) is 1.50. The van der Waals surface area contributed by atoms with E-state index in [2.05, 4.69) is 18.8 Å². The summed E-state index contributed by atoms with van der Waals surface area (Å²) in [6.07, 6.45) is 0. The van der Waals surface area contributed by atoms with Crippen LogP contribution in [0.2, 0.25) is 0 Å². The second kappa shape index (κ2) is 5.48. The van der Waals surface area contributed by atoms with Crippen LogP contribution in [0.4, 0.5) is 0 Å². The molecule has 1 heterocycles. The van der Waals surface area contributed by atoms with Crippen LogP contribution in [0.1, 0.15) is 31.3 Å². The van der Waals surface area contributed by atoms with Crippen LogP contribution in [0.5, 0.6) is 0 Å². The number of aromatic nitrogens is 1. The molecule has 0 amide bonds. The SMILES string of the molecule is CCOC(=O)c1[nH]c2ccccc2c1SC(C)C. The first-order chi connectivity index (χ1) is 8.63. The average molecular weight is 263 g/mol. The second-order valence-corrected chi connectivity index (χ2v) is 5.85. The van der Waals surface area contributed by atoms with E-state index < -0.39 is 0 Å². The zero-order chi connectivity index (χ0) is 13.1. The Balaban J connectivity index is 2.53. The molecule has 0 spiro atoms. The van der Waals surface area contributed by atoms with Crippen LogP contribution < -0.4 is 0 Å². The Morgan fingerprint density at radius 1 is 1.39 bits per heavy atom. The molecular weight excluding hydrogens is 246 g/mol. The third-order valence-electron chi connectivity index (χ3n) is 2.49. The van der Waals surface area contributed by atoms with E-state index >= 15 is 0 Å². The highest BCUT2D eigenvalue weighted by Gasteiger charge is 2.19. The maximum Gasteiger partial charge on any atom is 0.355 e. The molecule has 0 saturated heterocycles. The van der Waals surface area contributed by atoms with Gasteiger partial charge in [-0.05, 0) is 13.0 Å². The first-order valence-electron chi connectivity index (χ1n) is 6.08. The summed E-state index contributed by atoms with van der Waals surface area (Å²) in [4.78, 5) is 16.1. The molecule has 0 bridgehead atoms. The van der Waals surface area contributed by atoms with Crippen LogP contribution in [0.25, 0.3) is 10.9 Å². The molecule has 0 aliphatic carbocycles. The van der Waals surface area contributed by atoms with E-state index in [1.807, 2.05) is 31.2 Å². The van der Waals surface area contributed by atoms with Crippen LogP contribution in [0.15, 0.2) is 29.2 Å². The van der Waals surface area contributed by atoms with Gasteiger partial charge in [-0.1, -0.05) is 32.0 Å². The summed E-state index contributed by atoms with van der Waals surface area (Å²) in [6, 6.07) is 7.94. The number of aromatic amines is 1. The van der Waals surface area contributed by atoms with Crippen LogP contribution in [-0.4, -0.2) is 22.8 Å². The van der Waals surface area contributed by atoms with Crippen molar-refractivity contribution in [3.63, 3.8) is 0 Å². The van der Waals surface area contributed by atoms with E-state index in [1.165, 1.54) is 0 Å². The lowest BCUT2D eigenvalue weighted by atomic mass is 10.2. The van der Waals surface area contributed by atoms with E-state index in [1.54, 1.807) is 11.8 Å². The molecule has 18 heavy (non-hydrogen) atoms. The number of carbonyl (C=O) groups is 1. The quantitative estimate of drug-likeness (QED) is 0.673. The number of rotatable bonds is 4. The summed E-state index contributed by atoms with van der Waals surface area (Å²) in [7, 11) is 0. The molecule has 1 aromatic carbocycles. The summed E-state index contributed by atoms with van der Waals surface area (Å²) >= 11 is 1.68. The molecule has 1 aromatic heterocycles. The van der Waals surface area contributed by atoms with Gasteiger partial charge in [-0.15, -0.1) is 11.8 Å². The molecule has 2 aromatic rings. The number of esters is 1.